The van der Waals surface area contributed by atoms with Crippen LogP contribution in [-0.2, 0) is 11.3 Å². The molecule has 1 fully saturated rings. The minimum atomic E-state index is -1.21. The number of benzene rings is 1. The van der Waals surface area contributed by atoms with Gasteiger partial charge in [0.1, 0.15) is 12.2 Å². The van der Waals surface area contributed by atoms with E-state index >= 15 is 0 Å². The van der Waals surface area contributed by atoms with Crippen LogP contribution in [-0.4, -0.2) is 35.1 Å². The Hall–Kier alpha value is -3.13. The molecule has 0 spiro atoms. The number of nitrogens with zero attached hydrogens (tertiary/aromatic N) is 2. The zero-order valence-corrected chi connectivity index (χ0v) is 18.8. The first kappa shape index (κ1) is 20.8. The number of aryl methyl sites for hydroxylation is 1. The molecule has 1 saturated carbocycles. The molecule has 2 aromatic heterocycles. The molecule has 0 saturated heterocycles. The van der Waals surface area contributed by atoms with Crippen molar-refractivity contribution in [2.75, 3.05) is 13.7 Å². The van der Waals surface area contributed by atoms with Crippen molar-refractivity contribution >= 4 is 33.9 Å². The highest BCUT2D eigenvalue weighted by molar-refractivity contribution is 7.16. The van der Waals surface area contributed by atoms with E-state index in [1.165, 1.54) is 11.1 Å². The van der Waals surface area contributed by atoms with E-state index in [9.17, 15) is 14.7 Å². The van der Waals surface area contributed by atoms with Gasteiger partial charge in [-0.25, -0.2) is 4.79 Å². The zero-order valence-electron chi connectivity index (χ0n) is 18.0. The van der Waals surface area contributed by atoms with Crippen molar-refractivity contribution in [3.8, 4) is 16.2 Å². The predicted molar refractivity (Wildman–Crippen MR) is 124 cm³/mol. The van der Waals surface area contributed by atoms with Gasteiger partial charge in [-0.15, -0.1) is 11.3 Å². The Labute approximate surface area is 188 Å². The molecule has 0 aliphatic heterocycles. The van der Waals surface area contributed by atoms with Crippen LogP contribution in [0.1, 0.15) is 59.4 Å². The first-order valence-electron chi connectivity index (χ1n) is 10.8. The van der Waals surface area contributed by atoms with Gasteiger partial charge in [0.2, 0.25) is 5.43 Å². The topological polar surface area (TPSA) is 90.1 Å². The van der Waals surface area contributed by atoms with Gasteiger partial charge in [0.05, 0.1) is 23.7 Å². The molecule has 2 aliphatic carbocycles. The number of carbonyl (C=O) groups is 1. The zero-order chi connectivity index (χ0) is 22.4. The molecule has 1 aromatic carbocycles. The largest absolute Gasteiger partial charge is 0.494 e. The lowest BCUT2D eigenvalue weighted by molar-refractivity contribution is 0.0695. The quantitative estimate of drug-likeness (QED) is 0.540. The first-order valence-corrected chi connectivity index (χ1v) is 11.7. The van der Waals surface area contributed by atoms with Gasteiger partial charge >= 0.3 is 5.97 Å². The van der Waals surface area contributed by atoms with Gasteiger partial charge in [-0.3, -0.25) is 4.79 Å². The summed E-state index contributed by atoms with van der Waals surface area (Å²) in [7, 11) is 1.60. The SMILES string of the molecule is CCON=C1CCCc2sc(-c3ccc4c(=O)c(C(=O)O)cn(C5CC5)c4c3OC)cc21. The lowest BCUT2D eigenvalue weighted by Crippen LogP contribution is -2.19. The number of aromatic carboxylic acids is 1. The predicted octanol–water partition coefficient (Wildman–Crippen LogP) is 4.85. The summed E-state index contributed by atoms with van der Waals surface area (Å²) in [5.74, 6) is -0.605. The number of hydrogen-bond donors (Lipinski definition) is 1. The minimum absolute atomic E-state index is 0.182. The molecule has 32 heavy (non-hydrogen) atoms. The van der Waals surface area contributed by atoms with Crippen LogP contribution in [0.4, 0.5) is 0 Å². The fraction of sp³-hybridized carbons (Fsp3) is 0.375. The van der Waals surface area contributed by atoms with Crippen molar-refractivity contribution in [1.29, 1.82) is 0 Å². The van der Waals surface area contributed by atoms with Gasteiger partial charge in [-0.05, 0) is 57.2 Å². The van der Waals surface area contributed by atoms with Gasteiger partial charge in [-0.1, -0.05) is 5.16 Å². The lowest BCUT2D eigenvalue weighted by atomic mass is 9.96. The van der Waals surface area contributed by atoms with Crippen molar-refractivity contribution < 1.29 is 19.5 Å². The standard InChI is InChI=1S/C24H24N2O5S/c1-3-31-25-18-5-4-6-19-16(18)11-20(32-19)14-9-10-15-21(23(14)30-2)26(13-7-8-13)12-17(22(15)27)24(28)29/h9-13H,3-8H2,1-2H3,(H,28,29). The molecule has 0 atom stereocenters. The van der Waals surface area contributed by atoms with Crippen molar-refractivity contribution in [2.24, 2.45) is 5.16 Å². The summed E-state index contributed by atoms with van der Waals surface area (Å²) < 4.78 is 7.77. The molecule has 0 unspecified atom stereocenters. The fourth-order valence-electron chi connectivity index (χ4n) is 4.39. The third-order valence-corrected chi connectivity index (χ3v) is 7.26. The summed E-state index contributed by atoms with van der Waals surface area (Å²) >= 11 is 1.71. The number of carboxylic acid groups (broad SMARTS) is 1. The van der Waals surface area contributed by atoms with Crippen molar-refractivity contribution in [2.45, 2.75) is 45.1 Å². The summed E-state index contributed by atoms with van der Waals surface area (Å²) in [6.45, 7) is 2.45. The van der Waals surface area contributed by atoms with Crippen molar-refractivity contribution in [3.63, 3.8) is 0 Å². The average Bonchev–Trinajstić information content (AvgIpc) is 3.54. The molecule has 0 bridgehead atoms. The third kappa shape index (κ3) is 3.39. The fourth-order valence-corrected chi connectivity index (χ4v) is 5.64. The van der Waals surface area contributed by atoms with E-state index in [0.717, 1.165) is 53.8 Å². The van der Waals surface area contributed by atoms with Crippen LogP contribution in [0.25, 0.3) is 21.3 Å². The smallest absolute Gasteiger partial charge is 0.341 e. The summed E-state index contributed by atoms with van der Waals surface area (Å²) in [5.41, 5.74) is 2.96. The Morgan fingerprint density at radius 2 is 2.09 bits per heavy atom. The molecule has 2 aliphatic rings. The Balaban J connectivity index is 1.72. The van der Waals surface area contributed by atoms with E-state index in [0.29, 0.717) is 23.3 Å². The highest BCUT2D eigenvalue weighted by atomic mass is 32.1. The number of thiophene rings is 1. The third-order valence-electron chi connectivity index (χ3n) is 6.03. The van der Waals surface area contributed by atoms with Crippen LogP contribution in [0.2, 0.25) is 0 Å². The number of pyridine rings is 1. The Morgan fingerprint density at radius 1 is 1.28 bits per heavy atom. The normalized spacial score (nSPS) is 16.9. The van der Waals surface area contributed by atoms with E-state index in [1.807, 2.05) is 17.6 Å². The highest BCUT2D eigenvalue weighted by Gasteiger charge is 2.30. The molecule has 0 amide bonds. The molecule has 2 heterocycles. The van der Waals surface area contributed by atoms with Gasteiger partial charge in [0.25, 0.3) is 0 Å². The molecule has 7 nitrogen and oxygen atoms in total. The number of hydrogen-bond acceptors (Lipinski definition) is 6. The van der Waals surface area contributed by atoms with E-state index in [2.05, 4.69) is 11.2 Å². The second kappa shape index (κ2) is 8.09. The Kier molecular flexibility index (Phi) is 5.25. The van der Waals surface area contributed by atoms with Crippen LogP contribution in [0.15, 0.2) is 34.3 Å². The Morgan fingerprint density at radius 3 is 2.78 bits per heavy atom. The molecule has 166 valence electrons. The highest BCUT2D eigenvalue weighted by Crippen LogP contribution is 2.45. The molecular weight excluding hydrogens is 428 g/mol. The monoisotopic (exact) mass is 452 g/mol. The van der Waals surface area contributed by atoms with E-state index < -0.39 is 11.4 Å². The minimum Gasteiger partial charge on any atom is -0.494 e. The average molecular weight is 453 g/mol. The van der Waals surface area contributed by atoms with Gasteiger partial charge in [0, 0.05) is 33.1 Å². The second-order valence-electron chi connectivity index (χ2n) is 8.11. The molecule has 8 heteroatoms. The van der Waals surface area contributed by atoms with Crippen LogP contribution >= 0.6 is 11.3 Å². The summed E-state index contributed by atoms with van der Waals surface area (Å²) in [6, 6.07) is 5.91. The van der Waals surface area contributed by atoms with E-state index in [-0.39, 0.29) is 11.6 Å². The molecule has 5 rings (SSSR count). The van der Waals surface area contributed by atoms with Crippen molar-refractivity contribution in [1.82, 2.24) is 4.57 Å². The maximum Gasteiger partial charge on any atom is 0.341 e. The summed E-state index contributed by atoms with van der Waals surface area (Å²) in [5, 5.41) is 14.2. The number of fused-ring (bicyclic) bond motifs is 2. The number of ether oxygens (including phenoxy) is 1. The van der Waals surface area contributed by atoms with E-state index in [1.54, 1.807) is 24.5 Å². The molecule has 1 N–H and O–H groups in total. The van der Waals surface area contributed by atoms with E-state index in [4.69, 9.17) is 9.57 Å². The number of methoxy groups -OCH3 is 1. The molecule has 0 radical (unpaired) electrons. The summed E-state index contributed by atoms with van der Waals surface area (Å²) in [4.78, 5) is 32.2. The molecule has 3 aromatic rings. The van der Waals surface area contributed by atoms with Gasteiger partial charge in [0.15, 0.2) is 5.75 Å². The number of rotatable bonds is 6. The first-order chi connectivity index (χ1) is 15.5. The molecular formula is C24H24N2O5S. The number of aromatic nitrogens is 1. The summed E-state index contributed by atoms with van der Waals surface area (Å²) in [6.07, 6.45) is 6.30. The van der Waals surface area contributed by atoms with Crippen LogP contribution in [0.5, 0.6) is 5.75 Å². The van der Waals surface area contributed by atoms with Crippen LogP contribution in [0.3, 0.4) is 0 Å². The number of carboxylic acids is 1. The van der Waals surface area contributed by atoms with Gasteiger partial charge < -0.3 is 19.2 Å². The maximum absolute atomic E-state index is 12.9. The number of oxime groups is 1. The van der Waals surface area contributed by atoms with Crippen LogP contribution in [0, 0.1) is 0 Å². The van der Waals surface area contributed by atoms with Gasteiger partial charge in [-0.2, -0.15) is 0 Å². The Bertz CT molecular complexity index is 1320. The second-order valence-corrected chi connectivity index (χ2v) is 9.25. The van der Waals surface area contributed by atoms with Crippen LogP contribution < -0.4 is 10.2 Å². The lowest BCUT2D eigenvalue weighted by Gasteiger charge is -2.17. The maximum atomic E-state index is 12.9. The van der Waals surface area contributed by atoms with Crippen molar-refractivity contribution in [3.05, 3.63) is 50.6 Å².